The normalized spacial score (nSPS) is 11.3. The quantitative estimate of drug-likeness (QED) is 0.510. The van der Waals surface area contributed by atoms with Crippen molar-refractivity contribution in [2.45, 2.75) is 19.9 Å². The van der Waals surface area contributed by atoms with Gasteiger partial charge in [0, 0.05) is 24.8 Å². The summed E-state index contributed by atoms with van der Waals surface area (Å²) in [5, 5.41) is 11.1. The van der Waals surface area contributed by atoms with Crippen molar-refractivity contribution in [3.05, 3.63) is 84.2 Å². The molecule has 5 nitrogen and oxygen atoms in total. The Hall–Kier alpha value is -3.08. The van der Waals surface area contributed by atoms with Crippen LogP contribution in [0.15, 0.2) is 78.0 Å². The SMILES string of the molecule is CCNC(=NCc1cnn(-c2ccccc2)c1)NCCc1ccccc1. The molecule has 0 amide bonds. The smallest absolute Gasteiger partial charge is 0.191 e. The van der Waals surface area contributed by atoms with E-state index in [1.165, 1.54) is 5.56 Å². The summed E-state index contributed by atoms with van der Waals surface area (Å²) in [4.78, 5) is 4.66. The second kappa shape index (κ2) is 9.42. The highest BCUT2D eigenvalue weighted by atomic mass is 15.3. The van der Waals surface area contributed by atoms with Crippen molar-refractivity contribution in [3.8, 4) is 5.69 Å². The molecule has 0 atom stereocenters. The van der Waals surface area contributed by atoms with E-state index in [0.717, 1.165) is 36.7 Å². The van der Waals surface area contributed by atoms with Crippen LogP contribution in [0.2, 0.25) is 0 Å². The summed E-state index contributed by atoms with van der Waals surface area (Å²) in [6.07, 6.45) is 4.85. The molecule has 2 aromatic carbocycles. The Morgan fingerprint density at radius 3 is 2.42 bits per heavy atom. The van der Waals surface area contributed by atoms with Gasteiger partial charge < -0.3 is 10.6 Å². The van der Waals surface area contributed by atoms with Crippen LogP contribution in [-0.2, 0) is 13.0 Å². The number of aromatic nitrogens is 2. The molecule has 26 heavy (non-hydrogen) atoms. The van der Waals surface area contributed by atoms with Gasteiger partial charge in [-0.1, -0.05) is 48.5 Å². The van der Waals surface area contributed by atoms with Crippen molar-refractivity contribution in [3.63, 3.8) is 0 Å². The van der Waals surface area contributed by atoms with E-state index in [9.17, 15) is 0 Å². The van der Waals surface area contributed by atoms with Gasteiger partial charge in [-0.05, 0) is 31.0 Å². The molecule has 1 heterocycles. The third-order valence-electron chi connectivity index (χ3n) is 3.97. The summed E-state index contributed by atoms with van der Waals surface area (Å²) in [6.45, 7) is 4.34. The number of hydrogen-bond donors (Lipinski definition) is 2. The predicted octanol–water partition coefficient (Wildman–Crippen LogP) is 3.17. The summed E-state index contributed by atoms with van der Waals surface area (Å²) < 4.78 is 1.88. The lowest BCUT2D eigenvalue weighted by atomic mass is 10.1. The minimum absolute atomic E-state index is 0.591. The predicted molar refractivity (Wildman–Crippen MR) is 107 cm³/mol. The minimum atomic E-state index is 0.591. The van der Waals surface area contributed by atoms with Crippen molar-refractivity contribution in [1.29, 1.82) is 0 Å². The zero-order chi connectivity index (χ0) is 18.0. The number of rotatable bonds is 7. The molecule has 0 saturated carbocycles. The van der Waals surface area contributed by atoms with Crippen LogP contribution in [-0.4, -0.2) is 28.8 Å². The van der Waals surface area contributed by atoms with E-state index in [1.807, 2.05) is 53.5 Å². The summed E-state index contributed by atoms with van der Waals surface area (Å²) in [6, 6.07) is 20.6. The van der Waals surface area contributed by atoms with Gasteiger partial charge in [0.1, 0.15) is 0 Å². The van der Waals surface area contributed by atoms with Crippen molar-refractivity contribution in [1.82, 2.24) is 20.4 Å². The maximum atomic E-state index is 4.66. The van der Waals surface area contributed by atoms with Gasteiger partial charge in [-0.2, -0.15) is 5.10 Å². The molecule has 0 aliphatic rings. The Morgan fingerprint density at radius 1 is 0.962 bits per heavy atom. The molecular weight excluding hydrogens is 322 g/mol. The third kappa shape index (κ3) is 5.21. The van der Waals surface area contributed by atoms with Crippen LogP contribution < -0.4 is 10.6 Å². The Labute approximate surface area is 154 Å². The number of aliphatic imine (C=N–C) groups is 1. The third-order valence-corrected chi connectivity index (χ3v) is 3.97. The largest absolute Gasteiger partial charge is 0.357 e. The Balaban J connectivity index is 1.56. The van der Waals surface area contributed by atoms with Crippen molar-refractivity contribution in [2.24, 2.45) is 4.99 Å². The van der Waals surface area contributed by atoms with E-state index in [0.29, 0.717) is 6.54 Å². The molecule has 134 valence electrons. The zero-order valence-electron chi connectivity index (χ0n) is 15.1. The second-order valence-corrected chi connectivity index (χ2v) is 5.99. The van der Waals surface area contributed by atoms with Gasteiger partial charge in [0.2, 0.25) is 0 Å². The first kappa shape index (κ1) is 17.7. The maximum absolute atomic E-state index is 4.66. The highest BCUT2D eigenvalue weighted by Gasteiger charge is 2.02. The molecule has 0 spiro atoms. The van der Waals surface area contributed by atoms with Gasteiger partial charge in [-0.3, -0.25) is 0 Å². The first-order valence-electron chi connectivity index (χ1n) is 9.00. The molecule has 3 aromatic rings. The molecule has 5 heteroatoms. The van der Waals surface area contributed by atoms with E-state index in [4.69, 9.17) is 0 Å². The number of guanidine groups is 1. The Morgan fingerprint density at radius 2 is 1.69 bits per heavy atom. The monoisotopic (exact) mass is 347 g/mol. The minimum Gasteiger partial charge on any atom is -0.357 e. The molecule has 0 aliphatic carbocycles. The molecule has 0 fully saturated rings. The summed E-state index contributed by atoms with van der Waals surface area (Å²) in [7, 11) is 0. The molecule has 0 saturated heterocycles. The summed E-state index contributed by atoms with van der Waals surface area (Å²) in [5.41, 5.74) is 3.45. The van der Waals surface area contributed by atoms with E-state index >= 15 is 0 Å². The molecule has 0 aliphatic heterocycles. The van der Waals surface area contributed by atoms with Crippen LogP contribution in [0.25, 0.3) is 5.69 Å². The average Bonchev–Trinajstić information content (AvgIpc) is 3.17. The van der Waals surface area contributed by atoms with Gasteiger partial charge in [0.25, 0.3) is 0 Å². The van der Waals surface area contributed by atoms with Gasteiger partial charge >= 0.3 is 0 Å². The van der Waals surface area contributed by atoms with Gasteiger partial charge in [0.15, 0.2) is 5.96 Å². The molecular formula is C21H25N5. The van der Waals surface area contributed by atoms with Crippen LogP contribution in [0.4, 0.5) is 0 Å². The van der Waals surface area contributed by atoms with Crippen molar-refractivity contribution < 1.29 is 0 Å². The van der Waals surface area contributed by atoms with E-state index in [-0.39, 0.29) is 0 Å². The van der Waals surface area contributed by atoms with E-state index in [1.54, 1.807) is 0 Å². The van der Waals surface area contributed by atoms with Crippen molar-refractivity contribution >= 4 is 5.96 Å². The van der Waals surface area contributed by atoms with Crippen LogP contribution in [0, 0.1) is 0 Å². The fraction of sp³-hybridized carbons (Fsp3) is 0.238. The molecule has 2 N–H and O–H groups in total. The molecule has 0 bridgehead atoms. The van der Waals surface area contributed by atoms with Crippen LogP contribution >= 0.6 is 0 Å². The fourth-order valence-corrected chi connectivity index (χ4v) is 2.65. The number of nitrogens with one attached hydrogen (secondary N) is 2. The van der Waals surface area contributed by atoms with Crippen molar-refractivity contribution in [2.75, 3.05) is 13.1 Å². The highest BCUT2D eigenvalue weighted by Crippen LogP contribution is 2.08. The highest BCUT2D eigenvalue weighted by molar-refractivity contribution is 5.79. The lowest BCUT2D eigenvalue weighted by molar-refractivity contribution is 0.799. The lowest BCUT2D eigenvalue weighted by Crippen LogP contribution is -2.38. The number of hydrogen-bond acceptors (Lipinski definition) is 2. The first-order chi connectivity index (χ1) is 12.8. The van der Waals surface area contributed by atoms with E-state index < -0.39 is 0 Å². The zero-order valence-corrected chi connectivity index (χ0v) is 15.1. The van der Waals surface area contributed by atoms with Crippen LogP contribution in [0.5, 0.6) is 0 Å². The first-order valence-corrected chi connectivity index (χ1v) is 9.00. The number of nitrogens with zero attached hydrogens (tertiary/aromatic N) is 3. The number of para-hydroxylation sites is 1. The van der Waals surface area contributed by atoms with Crippen LogP contribution in [0.3, 0.4) is 0 Å². The van der Waals surface area contributed by atoms with Gasteiger partial charge in [0.05, 0.1) is 18.4 Å². The Bertz CT molecular complexity index is 809. The lowest BCUT2D eigenvalue weighted by Gasteiger charge is -2.11. The second-order valence-electron chi connectivity index (χ2n) is 5.99. The fourth-order valence-electron chi connectivity index (χ4n) is 2.65. The van der Waals surface area contributed by atoms with Crippen LogP contribution in [0.1, 0.15) is 18.1 Å². The summed E-state index contributed by atoms with van der Waals surface area (Å²) in [5.74, 6) is 0.830. The van der Waals surface area contributed by atoms with Gasteiger partial charge in [-0.15, -0.1) is 0 Å². The average molecular weight is 347 g/mol. The van der Waals surface area contributed by atoms with E-state index in [2.05, 4.69) is 51.9 Å². The number of benzene rings is 2. The summed E-state index contributed by atoms with van der Waals surface area (Å²) >= 11 is 0. The van der Waals surface area contributed by atoms with Gasteiger partial charge in [-0.25, -0.2) is 9.67 Å². The topological polar surface area (TPSA) is 54.2 Å². The Kier molecular flexibility index (Phi) is 6.42. The maximum Gasteiger partial charge on any atom is 0.191 e. The molecule has 3 rings (SSSR count). The molecule has 0 unspecified atom stereocenters. The standard InChI is InChI=1S/C21H25N5/c1-2-22-21(23-14-13-18-9-5-3-6-10-18)24-15-19-16-25-26(17-19)20-11-7-4-8-12-20/h3-12,16-17H,2,13-15H2,1H3,(H2,22,23,24). The molecule has 1 aromatic heterocycles. The molecule has 0 radical (unpaired) electrons.